The lowest BCUT2D eigenvalue weighted by Gasteiger charge is -2.28. The lowest BCUT2D eigenvalue weighted by Crippen LogP contribution is -2.31. The Hall–Kier alpha value is -2.59. The average Bonchev–Trinajstić information content (AvgIpc) is 2.89. The van der Waals surface area contributed by atoms with Crippen molar-refractivity contribution >= 4 is 29.0 Å². The highest BCUT2D eigenvalue weighted by Crippen LogP contribution is 2.43. The van der Waals surface area contributed by atoms with Gasteiger partial charge in [0.05, 0.1) is 11.6 Å². The molecular weight excluding hydrogens is 362 g/mol. The first kappa shape index (κ1) is 19.2. The van der Waals surface area contributed by atoms with Crippen LogP contribution in [0.4, 0.5) is 5.69 Å². The molecule has 0 saturated carbocycles. The Labute approximate surface area is 164 Å². The third-order valence-electron chi connectivity index (χ3n) is 4.65. The van der Waals surface area contributed by atoms with Crippen LogP contribution < -0.4 is 4.90 Å². The summed E-state index contributed by atoms with van der Waals surface area (Å²) in [7, 11) is 0. The van der Waals surface area contributed by atoms with Gasteiger partial charge in [0, 0.05) is 17.1 Å². The summed E-state index contributed by atoms with van der Waals surface area (Å²) in [5, 5.41) is 11.1. The number of aliphatic hydroxyl groups is 1. The van der Waals surface area contributed by atoms with Gasteiger partial charge in [-0.25, -0.2) is 0 Å². The molecule has 0 aliphatic carbocycles. The van der Waals surface area contributed by atoms with Crippen LogP contribution in [0.5, 0.6) is 0 Å². The van der Waals surface area contributed by atoms with Gasteiger partial charge in [0.15, 0.2) is 11.5 Å². The topological polar surface area (TPSA) is 57.6 Å². The number of hydrogen-bond acceptors (Lipinski definition) is 3. The highest BCUT2D eigenvalue weighted by molar-refractivity contribution is 6.31. The van der Waals surface area contributed by atoms with Gasteiger partial charge in [-0.1, -0.05) is 61.8 Å². The van der Waals surface area contributed by atoms with Gasteiger partial charge in [-0.15, -0.1) is 0 Å². The number of halogens is 1. The Bertz CT molecular complexity index is 918. The quantitative estimate of drug-likeness (QED) is 0.775. The molecule has 0 fully saturated rings. The lowest BCUT2D eigenvalue weighted by atomic mass is 9.92. The number of Topliss-reactive ketones (excluding diaryl/α,β-unsaturated/α-hetero) is 1. The van der Waals surface area contributed by atoms with Crippen LogP contribution in [0.1, 0.15) is 37.4 Å². The normalized spacial score (nSPS) is 17.1. The molecule has 0 saturated heterocycles. The van der Waals surface area contributed by atoms with Crippen LogP contribution in [0.2, 0.25) is 5.02 Å². The monoisotopic (exact) mass is 383 g/mol. The molecule has 2 aromatic carbocycles. The average molecular weight is 384 g/mol. The molecule has 3 rings (SSSR count). The number of hydrogen-bond donors (Lipinski definition) is 1. The SMILES string of the molecule is Cc1ccc(Cl)cc1N1C(=O)C(O)=C(C(=O)CC(C)C)C1c1ccccc1. The molecule has 1 aliphatic rings. The van der Waals surface area contributed by atoms with Gasteiger partial charge in [0.2, 0.25) is 0 Å². The van der Waals surface area contributed by atoms with Crippen molar-refractivity contribution in [3.05, 3.63) is 76.0 Å². The molecule has 1 unspecified atom stereocenters. The summed E-state index contributed by atoms with van der Waals surface area (Å²) in [5.74, 6) is -1.16. The van der Waals surface area contributed by atoms with Crippen molar-refractivity contribution in [1.29, 1.82) is 0 Å². The van der Waals surface area contributed by atoms with Crippen LogP contribution in [0.15, 0.2) is 59.9 Å². The van der Waals surface area contributed by atoms with Gasteiger partial charge in [0.1, 0.15) is 0 Å². The first-order valence-electron chi connectivity index (χ1n) is 8.92. The van der Waals surface area contributed by atoms with Crippen molar-refractivity contribution < 1.29 is 14.7 Å². The smallest absolute Gasteiger partial charge is 0.294 e. The summed E-state index contributed by atoms with van der Waals surface area (Å²) >= 11 is 6.16. The van der Waals surface area contributed by atoms with E-state index < -0.39 is 17.7 Å². The standard InChI is InChI=1S/C22H22ClNO3/c1-13(2)11-18(25)19-20(15-7-5-4-6-8-15)24(22(27)21(19)26)17-12-16(23)10-9-14(17)3/h4-10,12-13,20,26H,11H2,1-3H3. The molecule has 2 aromatic rings. The van der Waals surface area contributed by atoms with Crippen molar-refractivity contribution in [2.24, 2.45) is 5.92 Å². The second-order valence-electron chi connectivity index (χ2n) is 7.20. The molecule has 0 spiro atoms. The number of anilines is 1. The lowest BCUT2D eigenvalue weighted by molar-refractivity contribution is -0.118. The van der Waals surface area contributed by atoms with Crippen LogP contribution in [-0.2, 0) is 9.59 Å². The number of nitrogens with zero attached hydrogens (tertiary/aromatic N) is 1. The summed E-state index contributed by atoms with van der Waals surface area (Å²) in [6, 6.07) is 13.8. The predicted molar refractivity (Wildman–Crippen MR) is 107 cm³/mol. The Kier molecular flexibility index (Phi) is 5.38. The van der Waals surface area contributed by atoms with Crippen LogP contribution >= 0.6 is 11.6 Å². The Morgan fingerprint density at radius 3 is 2.48 bits per heavy atom. The summed E-state index contributed by atoms with van der Waals surface area (Å²) in [6.45, 7) is 5.73. The zero-order valence-electron chi connectivity index (χ0n) is 15.6. The van der Waals surface area contributed by atoms with Crippen molar-refractivity contribution in [2.45, 2.75) is 33.2 Å². The number of benzene rings is 2. The number of rotatable bonds is 5. The maximum absolute atomic E-state index is 13.0. The minimum absolute atomic E-state index is 0.117. The summed E-state index contributed by atoms with van der Waals surface area (Å²) < 4.78 is 0. The molecule has 5 heteroatoms. The Morgan fingerprint density at radius 1 is 1.19 bits per heavy atom. The van der Waals surface area contributed by atoms with Gasteiger partial charge in [-0.3, -0.25) is 14.5 Å². The van der Waals surface area contributed by atoms with E-state index in [1.807, 2.05) is 57.2 Å². The second-order valence-corrected chi connectivity index (χ2v) is 7.64. The first-order chi connectivity index (χ1) is 12.8. The minimum atomic E-state index is -0.679. The van der Waals surface area contributed by atoms with Gasteiger partial charge < -0.3 is 5.11 Å². The maximum atomic E-state index is 13.0. The van der Waals surface area contributed by atoms with Crippen molar-refractivity contribution in [3.63, 3.8) is 0 Å². The number of aliphatic hydroxyl groups excluding tert-OH is 1. The largest absolute Gasteiger partial charge is 0.503 e. The molecule has 1 N–H and O–H groups in total. The third-order valence-corrected chi connectivity index (χ3v) is 4.88. The zero-order chi connectivity index (χ0) is 19.7. The van der Waals surface area contributed by atoms with Gasteiger partial charge in [-0.2, -0.15) is 0 Å². The molecular formula is C22H22ClNO3. The minimum Gasteiger partial charge on any atom is -0.503 e. The van der Waals surface area contributed by atoms with Crippen LogP contribution in [-0.4, -0.2) is 16.8 Å². The van der Waals surface area contributed by atoms with Gasteiger partial charge >= 0.3 is 0 Å². The molecule has 1 aliphatic heterocycles. The number of amides is 1. The highest BCUT2D eigenvalue weighted by Gasteiger charge is 2.44. The van der Waals surface area contributed by atoms with Crippen LogP contribution in [0, 0.1) is 12.8 Å². The van der Waals surface area contributed by atoms with Gasteiger partial charge in [-0.05, 0) is 36.1 Å². The molecule has 140 valence electrons. The molecule has 1 atom stereocenters. The Balaban J connectivity index is 2.18. The predicted octanol–water partition coefficient (Wildman–Crippen LogP) is 5.16. The zero-order valence-corrected chi connectivity index (χ0v) is 16.3. The molecule has 27 heavy (non-hydrogen) atoms. The molecule has 0 aromatic heterocycles. The Morgan fingerprint density at radius 2 is 1.85 bits per heavy atom. The van der Waals surface area contributed by atoms with Crippen molar-refractivity contribution in [2.75, 3.05) is 4.90 Å². The fourth-order valence-electron chi connectivity index (χ4n) is 3.41. The van der Waals surface area contributed by atoms with E-state index in [2.05, 4.69) is 0 Å². The fraction of sp³-hybridized carbons (Fsp3) is 0.273. The van der Waals surface area contributed by atoms with E-state index in [9.17, 15) is 14.7 Å². The molecule has 1 heterocycles. The van der Waals surface area contributed by atoms with Crippen molar-refractivity contribution in [3.8, 4) is 0 Å². The molecule has 1 amide bonds. The first-order valence-corrected chi connectivity index (χ1v) is 9.30. The van der Waals surface area contributed by atoms with E-state index in [1.165, 1.54) is 4.90 Å². The van der Waals surface area contributed by atoms with Crippen LogP contribution in [0.25, 0.3) is 0 Å². The summed E-state index contributed by atoms with van der Waals surface area (Å²) in [5.41, 5.74) is 2.33. The second kappa shape index (κ2) is 7.57. The van der Waals surface area contributed by atoms with Crippen molar-refractivity contribution in [1.82, 2.24) is 0 Å². The fourth-order valence-corrected chi connectivity index (χ4v) is 3.58. The summed E-state index contributed by atoms with van der Waals surface area (Å²) in [6.07, 6.45) is 0.262. The van der Waals surface area contributed by atoms with E-state index in [0.717, 1.165) is 11.1 Å². The molecule has 0 bridgehead atoms. The number of ketones is 1. The van der Waals surface area contributed by atoms with E-state index >= 15 is 0 Å². The van der Waals surface area contributed by atoms with E-state index in [0.29, 0.717) is 10.7 Å². The molecule has 4 nitrogen and oxygen atoms in total. The maximum Gasteiger partial charge on any atom is 0.294 e. The molecule has 0 radical (unpaired) electrons. The number of aryl methyl sites for hydroxylation is 1. The third kappa shape index (κ3) is 3.62. The van der Waals surface area contributed by atoms with E-state index in [-0.39, 0.29) is 23.7 Å². The van der Waals surface area contributed by atoms with E-state index in [4.69, 9.17) is 11.6 Å². The summed E-state index contributed by atoms with van der Waals surface area (Å²) in [4.78, 5) is 27.3. The van der Waals surface area contributed by atoms with Crippen LogP contribution in [0.3, 0.4) is 0 Å². The number of carbonyl (C=O) groups is 2. The number of carbonyl (C=O) groups excluding carboxylic acids is 2. The van der Waals surface area contributed by atoms with Gasteiger partial charge in [0.25, 0.3) is 5.91 Å². The van der Waals surface area contributed by atoms with E-state index in [1.54, 1.807) is 12.1 Å². The highest BCUT2D eigenvalue weighted by atomic mass is 35.5.